The molecule has 1 aromatic rings. The van der Waals surface area contributed by atoms with Gasteiger partial charge in [0.2, 0.25) is 0 Å². The highest BCUT2D eigenvalue weighted by atomic mass is 19.4. The number of carboxylic acids is 1. The fourth-order valence-electron chi connectivity index (χ4n) is 4.58. The number of amides is 1. The van der Waals surface area contributed by atoms with Crippen LogP contribution in [0.4, 0.5) is 18.0 Å². The number of hydrogen-bond donors (Lipinski definition) is 1. The number of nitrogens with zero attached hydrogens (tertiary/aromatic N) is 2. The molecule has 0 radical (unpaired) electrons. The van der Waals surface area contributed by atoms with Crippen LogP contribution in [0.2, 0.25) is 0 Å². The van der Waals surface area contributed by atoms with E-state index in [4.69, 9.17) is 0 Å². The lowest BCUT2D eigenvalue weighted by Crippen LogP contribution is -2.49. The van der Waals surface area contributed by atoms with Crippen LogP contribution >= 0.6 is 0 Å². The highest BCUT2D eigenvalue weighted by Gasteiger charge is 2.44. The number of carbonyl (C=O) groups is 2. The number of carboxylic acid groups (broad SMARTS) is 1. The van der Waals surface area contributed by atoms with Crippen molar-refractivity contribution >= 4 is 12.1 Å². The topological polar surface area (TPSA) is 70.1 Å². The summed E-state index contributed by atoms with van der Waals surface area (Å²) in [6.07, 6.45) is -4.49. The minimum Gasteiger partial charge on any atom is -0.481 e. The second-order valence-electron chi connectivity index (χ2n) is 8.57. The third kappa shape index (κ3) is 5.14. The second-order valence-corrected chi connectivity index (χ2v) is 8.57. The average Bonchev–Trinajstić information content (AvgIpc) is 3.19. The van der Waals surface area contributed by atoms with Crippen molar-refractivity contribution in [3.8, 4) is 0 Å². The van der Waals surface area contributed by atoms with E-state index in [-0.39, 0.29) is 0 Å². The van der Waals surface area contributed by atoms with Crippen molar-refractivity contribution in [2.24, 2.45) is 0 Å². The van der Waals surface area contributed by atoms with E-state index < -0.39 is 29.8 Å². The zero-order valence-corrected chi connectivity index (χ0v) is 17.9. The van der Waals surface area contributed by atoms with Crippen LogP contribution in [-0.2, 0) is 21.5 Å². The first kappa shape index (κ1) is 23.4. The molecule has 172 valence electrons. The third-order valence-electron chi connectivity index (χ3n) is 6.45. The van der Waals surface area contributed by atoms with E-state index in [1.54, 1.807) is 0 Å². The average molecular weight is 442 g/mol. The number of rotatable bonds is 5. The van der Waals surface area contributed by atoms with Gasteiger partial charge >= 0.3 is 18.2 Å². The fraction of sp³-hybridized carbons (Fsp3) is 0.636. The molecule has 1 amide bonds. The Morgan fingerprint density at radius 1 is 1.16 bits per heavy atom. The van der Waals surface area contributed by atoms with E-state index in [1.807, 2.05) is 25.1 Å². The van der Waals surface area contributed by atoms with E-state index in [9.17, 15) is 27.9 Å². The van der Waals surface area contributed by atoms with Crippen LogP contribution < -0.4 is 0 Å². The van der Waals surface area contributed by atoms with Crippen molar-refractivity contribution in [2.45, 2.75) is 63.8 Å². The van der Waals surface area contributed by atoms with Gasteiger partial charge in [-0.25, -0.2) is 4.79 Å². The molecule has 1 N–H and O–H groups in total. The molecular formula is C22H29F3N2O4. The lowest BCUT2D eigenvalue weighted by atomic mass is 9.76. The Morgan fingerprint density at radius 3 is 2.29 bits per heavy atom. The zero-order chi connectivity index (χ0) is 22.8. The summed E-state index contributed by atoms with van der Waals surface area (Å²) in [5.41, 5.74) is 2.10. The molecule has 1 atom stereocenters. The number of benzene rings is 1. The minimum absolute atomic E-state index is 0.294. The molecule has 2 aliphatic rings. The first-order chi connectivity index (χ1) is 14.5. The SMILES string of the molecule is Cc1cc(CN2CCN(C(=O)OC(C)C(F)(F)F)CC2)ccc1C1(C(=O)O)CCCC1. The molecular weight excluding hydrogens is 413 g/mol. The van der Waals surface area contributed by atoms with E-state index in [1.165, 1.54) is 4.90 Å². The molecule has 2 fully saturated rings. The van der Waals surface area contributed by atoms with Crippen LogP contribution in [0.1, 0.15) is 49.3 Å². The number of aryl methyl sites for hydroxylation is 1. The monoisotopic (exact) mass is 442 g/mol. The number of piperazine rings is 1. The first-order valence-electron chi connectivity index (χ1n) is 10.6. The number of alkyl halides is 3. The largest absolute Gasteiger partial charge is 0.481 e. The summed E-state index contributed by atoms with van der Waals surface area (Å²) in [5, 5.41) is 9.83. The van der Waals surface area contributed by atoms with Gasteiger partial charge in [0, 0.05) is 32.7 Å². The minimum atomic E-state index is -4.57. The number of aliphatic carboxylic acids is 1. The molecule has 1 aliphatic carbocycles. The Morgan fingerprint density at radius 2 is 1.77 bits per heavy atom. The van der Waals surface area contributed by atoms with Crippen LogP contribution in [0.15, 0.2) is 18.2 Å². The Balaban J connectivity index is 1.57. The van der Waals surface area contributed by atoms with Gasteiger partial charge in [-0.05, 0) is 43.4 Å². The predicted octanol–water partition coefficient (Wildman–Crippen LogP) is 4.10. The molecule has 6 nitrogen and oxygen atoms in total. The normalized spacial score (nSPS) is 20.5. The lowest BCUT2D eigenvalue weighted by Gasteiger charge is -2.35. The Labute approximate surface area is 180 Å². The van der Waals surface area contributed by atoms with Crippen LogP contribution in [0, 0.1) is 6.92 Å². The van der Waals surface area contributed by atoms with E-state index in [2.05, 4.69) is 9.64 Å². The third-order valence-corrected chi connectivity index (χ3v) is 6.45. The molecule has 31 heavy (non-hydrogen) atoms. The van der Waals surface area contributed by atoms with Gasteiger partial charge in [-0.3, -0.25) is 9.69 Å². The maximum absolute atomic E-state index is 12.6. The van der Waals surface area contributed by atoms with Gasteiger partial charge in [0.15, 0.2) is 6.10 Å². The van der Waals surface area contributed by atoms with Crippen molar-refractivity contribution in [2.75, 3.05) is 26.2 Å². The summed E-state index contributed by atoms with van der Waals surface area (Å²) < 4.78 is 42.2. The number of ether oxygens (including phenoxy) is 1. The van der Waals surface area contributed by atoms with E-state index in [0.717, 1.165) is 36.5 Å². The Bertz CT molecular complexity index is 813. The standard InChI is InChI=1S/C22H29F3N2O4/c1-15-13-17(5-6-18(15)21(19(28)29)7-3-4-8-21)14-26-9-11-27(12-10-26)20(30)31-16(2)22(23,24)25/h5-6,13,16H,3-4,7-12,14H2,1-2H3,(H,28,29). The van der Waals surface area contributed by atoms with Crippen LogP contribution in [0.5, 0.6) is 0 Å². The number of halogens is 3. The molecule has 1 heterocycles. The fourth-order valence-corrected chi connectivity index (χ4v) is 4.58. The first-order valence-corrected chi connectivity index (χ1v) is 10.6. The summed E-state index contributed by atoms with van der Waals surface area (Å²) in [5.74, 6) is -0.760. The van der Waals surface area contributed by atoms with Crippen LogP contribution in [-0.4, -0.2) is 65.4 Å². The predicted molar refractivity (Wildman–Crippen MR) is 108 cm³/mol. The zero-order valence-electron chi connectivity index (χ0n) is 17.9. The molecule has 1 aromatic carbocycles. The molecule has 0 spiro atoms. The van der Waals surface area contributed by atoms with Crippen molar-refractivity contribution in [1.29, 1.82) is 0 Å². The van der Waals surface area contributed by atoms with Gasteiger partial charge in [-0.1, -0.05) is 31.0 Å². The van der Waals surface area contributed by atoms with E-state index >= 15 is 0 Å². The van der Waals surface area contributed by atoms with Crippen molar-refractivity contribution < 1.29 is 32.6 Å². The smallest absolute Gasteiger partial charge is 0.425 e. The van der Waals surface area contributed by atoms with Gasteiger partial charge in [0.25, 0.3) is 0 Å². The summed E-state index contributed by atoms with van der Waals surface area (Å²) in [4.78, 5) is 27.3. The van der Waals surface area contributed by atoms with Crippen molar-refractivity contribution in [3.63, 3.8) is 0 Å². The molecule has 1 saturated carbocycles. The summed E-state index contributed by atoms with van der Waals surface area (Å²) in [6.45, 7) is 5.02. The highest BCUT2D eigenvalue weighted by Crippen LogP contribution is 2.42. The molecule has 1 saturated heterocycles. The van der Waals surface area contributed by atoms with Crippen molar-refractivity contribution in [3.05, 3.63) is 34.9 Å². The van der Waals surface area contributed by atoms with Gasteiger partial charge in [-0.15, -0.1) is 0 Å². The van der Waals surface area contributed by atoms with Gasteiger partial charge in [0.1, 0.15) is 0 Å². The molecule has 9 heteroatoms. The molecule has 1 unspecified atom stereocenters. The number of carbonyl (C=O) groups excluding carboxylic acids is 1. The maximum atomic E-state index is 12.6. The lowest BCUT2D eigenvalue weighted by molar-refractivity contribution is -0.200. The van der Waals surface area contributed by atoms with Gasteiger partial charge in [0.05, 0.1) is 5.41 Å². The molecule has 1 aliphatic heterocycles. The summed E-state index contributed by atoms with van der Waals surface area (Å²) in [6, 6.07) is 5.90. The second kappa shape index (κ2) is 9.06. The Kier molecular flexibility index (Phi) is 6.83. The highest BCUT2D eigenvalue weighted by molar-refractivity contribution is 5.82. The number of hydrogen-bond acceptors (Lipinski definition) is 4. The van der Waals surface area contributed by atoms with Gasteiger partial charge < -0.3 is 14.7 Å². The molecule has 0 aromatic heterocycles. The molecule has 3 rings (SSSR count). The van der Waals surface area contributed by atoms with Gasteiger partial charge in [-0.2, -0.15) is 13.2 Å². The molecule has 0 bridgehead atoms. The van der Waals surface area contributed by atoms with Crippen molar-refractivity contribution in [1.82, 2.24) is 9.80 Å². The summed E-state index contributed by atoms with van der Waals surface area (Å²) >= 11 is 0. The summed E-state index contributed by atoms with van der Waals surface area (Å²) in [7, 11) is 0. The Hall–Kier alpha value is -2.29. The van der Waals surface area contributed by atoms with E-state index in [0.29, 0.717) is 45.6 Å². The maximum Gasteiger partial charge on any atom is 0.425 e. The quantitative estimate of drug-likeness (QED) is 0.744. The van der Waals surface area contributed by atoms with Crippen LogP contribution in [0.3, 0.4) is 0 Å². The van der Waals surface area contributed by atoms with Crippen LogP contribution in [0.25, 0.3) is 0 Å².